The van der Waals surface area contributed by atoms with E-state index < -0.39 is 11.7 Å². The van der Waals surface area contributed by atoms with Crippen molar-refractivity contribution in [3.63, 3.8) is 0 Å². The number of carbonyl (C=O) groups excluding carboxylic acids is 1. The van der Waals surface area contributed by atoms with Crippen LogP contribution in [0.2, 0.25) is 0 Å². The van der Waals surface area contributed by atoms with E-state index in [0.29, 0.717) is 38.4 Å². The molecule has 0 radical (unpaired) electrons. The average Bonchev–Trinajstić information content (AvgIpc) is 2.67. The molecule has 0 saturated carbocycles. The minimum Gasteiger partial charge on any atom is -0.367 e. The minimum atomic E-state index is -4.45. The number of amides is 1. The van der Waals surface area contributed by atoms with Gasteiger partial charge >= 0.3 is 6.18 Å². The van der Waals surface area contributed by atoms with E-state index in [9.17, 15) is 22.4 Å². The van der Waals surface area contributed by atoms with Crippen LogP contribution in [0.3, 0.4) is 0 Å². The Morgan fingerprint density at radius 2 is 1.71 bits per heavy atom. The zero-order valence-electron chi connectivity index (χ0n) is 15.2. The van der Waals surface area contributed by atoms with Crippen LogP contribution in [0.15, 0.2) is 48.5 Å². The molecule has 3 rings (SSSR count). The summed E-state index contributed by atoms with van der Waals surface area (Å²) in [5.41, 5.74) is -0.0943. The van der Waals surface area contributed by atoms with E-state index in [-0.39, 0.29) is 23.8 Å². The normalized spacial score (nSPS) is 15.5. The van der Waals surface area contributed by atoms with E-state index >= 15 is 0 Å². The molecule has 1 amide bonds. The first-order valence-corrected chi connectivity index (χ1v) is 9.02. The molecule has 1 aliphatic heterocycles. The first-order chi connectivity index (χ1) is 13.3. The summed E-state index contributed by atoms with van der Waals surface area (Å²) in [5, 5.41) is 2.51. The highest BCUT2D eigenvalue weighted by atomic mass is 19.4. The van der Waals surface area contributed by atoms with Gasteiger partial charge in [0.1, 0.15) is 5.82 Å². The lowest BCUT2D eigenvalue weighted by molar-refractivity contribution is -0.137. The molecule has 0 bridgehead atoms. The van der Waals surface area contributed by atoms with E-state index in [4.69, 9.17) is 0 Å². The summed E-state index contributed by atoms with van der Waals surface area (Å²) in [5.74, 6) is -0.590. The Hall–Kier alpha value is -2.61. The molecule has 0 atom stereocenters. The first-order valence-electron chi connectivity index (χ1n) is 9.02. The maximum Gasteiger partial charge on any atom is 0.416 e. The number of anilines is 2. The second kappa shape index (κ2) is 8.60. The number of nitrogens with zero attached hydrogens (tertiary/aromatic N) is 2. The summed E-state index contributed by atoms with van der Waals surface area (Å²) in [7, 11) is 0. The van der Waals surface area contributed by atoms with Crippen molar-refractivity contribution in [1.29, 1.82) is 0 Å². The van der Waals surface area contributed by atoms with Crippen molar-refractivity contribution in [2.24, 2.45) is 0 Å². The van der Waals surface area contributed by atoms with E-state index in [1.165, 1.54) is 18.2 Å². The Kier molecular flexibility index (Phi) is 6.18. The second-order valence-electron chi connectivity index (χ2n) is 6.66. The van der Waals surface area contributed by atoms with Crippen LogP contribution in [0.1, 0.15) is 12.0 Å². The molecule has 1 fully saturated rings. The fourth-order valence-corrected chi connectivity index (χ4v) is 3.18. The number of alkyl halides is 3. The Balaban J connectivity index is 1.45. The Morgan fingerprint density at radius 3 is 2.39 bits per heavy atom. The molecule has 2 aromatic rings. The van der Waals surface area contributed by atoms with Crippen molar-refractivity contribution in [3.05, 3.63) is 59.9 Å². The third kappa shape index (κ3) is 5.22. The molecule has 8 heteroatoms. The first kappa shape index (κ1) is 20.1. The van der Waals surface area contributed by atoms with Gasteiger partial charge in [0.05, 0.1) is 11.3 Å². The summed E-state index contributed by atoms with van der Waals surface area (Å²) < 4.78 is 52.0. The molecule has 0 aliphatic carbocycles. The highest BCUT2D eigenvalue weighted by molar-refractivity contribution is 5.90. The summed E-state index contributed by atoms with van der Waals surface area (Å²) in [6, 6.07) is 11.2. The maximum absolute atomic E-state index is 13.9. The molecule has 1 aliphatic rings. The summed E-state index contributed by atoms with van der Waals surface area (Å²) in [4.78, 5) is 16.1. The maximum atomic E-state index is 13.9. The lowest BCUT2D eigenvalue weighted by Gasteiger charge is -2.36. The Morgan fingerprint density at radius 1 is 1.00 bits per heavy atom. The molecule has 1 N–H and O–H groups in total. The second-order valence-corrected chi connectivity index (χ2v) is 6.66. The van der Waals surface area contributed by atoms with Crippen molar-refractivity contribution in [2.45, 2.75) is 12.6 Å². The van der Waals surface area contributed by atoms with Crippen molar-refractivity contribution in [1.82, 2.24) is 4.90 Å². The van der Waals surface area contributed by atoms with E-state index in [1.807, 2.05) is 4.90 Å². The third-order valence-electron chi connectivity index (χ3n) is 4.69. The number of hydrogen-bond donors (Lipinski definition) is 1. The lowest BCUT2D eigenvalue weighted by Crippen LogP contribution is -2.47. The van der Waals surface area contributed by atoms with Crippen LogP contribution in [-0.2, 0) is 11.0 Å². The van der Waals surface area contributed by atoms with Crippen LogP contribution in [0.25, 0.3) is 0 Å². The van der Waals surface area contributed by atoms with Crippen molar-refractivity contribution in [2.75, 3.05) is 42.9 Å². The van der Waals surface area contributed by atoms with Gasteiger partial charge in [-0.05, 0) is 30.3 Å². The molecule has 2 aromatic carbocycles. The van der Waals surface area contributed by atoms with E-state index in [2.05, 4.69) is 10.2 Å². The number of hydrogen-bond acceptors (Lipinski definition) is 3. The highest BCUT2D eigenvalue weighted by Gasteiger charge is 2.30. The van der Waals surface area contributed by atoms with Crippen molar-refractivity contribution >= 4 is 17.3 Å². The SMILES string of the molecule is O=C(CCN1CCN(c2ccccc2F)CC1)Nc1cccc(C(F)(F)F)c1. The number of piperazine rings is 1. The van der Waals surface area contributed by atoms with Gasteiger partial charge in [0.15, 0.2) is 0 Å². The Labute approximate surface area is 160 Å². The molecular formula is C20H21F4N3O. The Bertz CT molecular complexity index is 817. The lowest BCUT2D eigenvalue weighted by atomic mass is 10.2. The van der Waals surface area contributed by atoms with E-state index in [0.717, 1.165) is 12.1 Å². The summed E-state index contributed by atoms with van der Waals surface area (Å²) >= 11 is 0. The smallest absolute Gasteiger partial charge is 0.367 e. The summed E-state index contributed by atoms with van der Waals surface area (Å²) in [6.45, 7) is 3.17. The molecule has 4 nitrogen and oxygen atoms in total. The van der Waals surface area contributed by atoms with Gasteiger partial charge < -0.3 is 10.2 Å². The molecule has 0 spiro atoms. The van der Waals surface area contributed by atoms with Crippen LogP contribution in [0, 0.1) is 5.82 Å². The average molecular weight is 395 g/mol. The predicted octanol–water partition coefficient (Wildman–Crippen LogP) is 4.00. The van der Waals surface area contributed by atoms with Gasteiger partial charge in [-0.1, -0.05) is 18.2 Å². The van der Waals surface area contributed by atoms with Crippen molar-refractivity contribution in [3.8, 4) is 0 Å². The van der Waals surface area contributed by atoms with Gasteiger partial charge in [-0.2, -0.15) is 13.2 Å². The zero-order valence-corrected chi connectivity index (χ0v) is 15.2. The number of halogens is 4. The van der Waals surface area contributed by atoms with Gasteiger partial charge in [0.2, 0.25) is 5.91 Å². The predicted molar refractivity (Wildman–Crippen MR) is 99.7 cm³/mol. The molecular weight excluding hydrogens is 374 g/mol. The van der Waals surface area contributed by atoms with Gasteiger partial charge in [-0.3, -0.25) is 9.69 Å². The number of nitrogens with one attached hydrogen (secondary N) is 1. The molecule has 1 saturated heterocycles. The van der Waals surface area contributed by atoms with Crippen LogP contribution >= 0.6 is 0 Å². The fraction of sp³-hybridized carbons (Fsp3) is 0.350. The quantitative estimate of drug-likeness (QED) is 0.778. The highest BCUT2D eigenvalue weighted by Crippen LogP contribution is 2.30. The van der Waals surface area contributed by atoms with Crippen LogP contribution in [0.5, 0.6) is 0 Å². The van der Waals surface area contributed by atoms with Crippen LogP contribution in [0.4, 0.5) is 28.9 Å². The largest absolute Gasteiger partial charge is 0.416 e. The van der Waals surface area contributed by atoms with Crippen LogP contribution < -0.4 is 10.2 Å². The third-order valence-corrected chi connectivity index (χ3v) is 4.69. The fourth-order valence-electron chi connectivity index (χ4n) is 3.18. The van der Waals surface area contributed by atoms with E-state index in [1.54, 1.807) is 18.2 Å². The number of carbonyl (C=O) groups is 1. The van der Waals surface area contributed by atoms with Gasteiger partial charge in [0.25, 0.3) is 0 Å². The molecule has 150 valence electrons. The standard InChI is InChI=1S/C20H21F4N3O/c21-17-6-1-2-7-18(17)27-12-10-26(11-13-27)9-8-19(28)25-16-5-3-4-15(14-16)20(22,23)24/h1-7,14H,8-13H2,(H,25,28). The molecule has 0 aromatic heterocycles. The monoisotopic (exact) mass is 395 g/mol. The van der Waals surface area contributed by atoms with Gasteiger partial charge in [-0.15, -0.1) is 0 Å². The summed E-state index contributed by atoms with van der Waals surface area (Å²) in [6.07, 6.45) is -4.27. The molecule has 0 unspecified atom stereocenters. The molecule has 28 heavy (non-hydrogen) atoms. The number of para-hydroxylation sites is 1. The van der Waals surface area contributed by atoms with Crippen LogP contribution in [-0.4, -0.2) is 43.5 Å². The minimum absolute atomic E-state index is 0.129. The van der Waals surface area contributed by atoms with Crippen molar-refractivity contribution < 1.29 is 22.4 Å². The molecule has 1 heterocycles. The van der Waals surface area contributed by atoms with Gasteiger partial charge in [-0.25, -0.2) is 4.39 Å². The zero-order chi connectivity index (χ0) is 20.1. The van der Waals surface area contributed by atoms with Gasteiger partial charge in [0, 0.05) is 44.8 Å². The number of benzene rings is 2. The topological polar surface area (TPSA) is 35.6 Å². The number of rotatable bonds is 5.